The molecule has 9 nitrogen and oxygen atoms in total. The molecule has 2 aliphatic carbocycles. The van der Waals surface area contributed by atoms with Crippen molar-refractivity contribution in [3.05, 3.63) is 147 Å². The minimum absolute atomic E-state index is 0.216. The number of fused-ring (bicyclic) bond motifs is 4. The van der Waals surface area contributed by atoms with Crippen molar-refractivity contribution < 1.29 is 19.2 Å². The number of carbonyl (C=O) groups excluding carboxylic acids is 4. The number of hydrogen-bond acceptors (Lipinski definition) is 9. The van der Waals surface area contributed by atoms with Gasteiger partial charge in [-0.25, -0.2) is 0 Å². The van der Waals surface area contributed by atoms with Gasteiger partial charge in [0.05, 0.1) is 24.5 Å². The van der Waals surface area contributed by atoms with E-state index in [1.165, 1.54) is 0 Å². The van der Waals surface area contributed by atoms with Gasteiger partial charge < -0.3 is 22.1 Å². The fraction of sp³-hybridized carbons (Fsp3) is 0.0571. The highest BCUT2D eigenvalue weighted by molar-refractivity contribution is 6.29. The van der Waals surface area contributed by atoms with E-state index in [1.807, 2.05) is 18.2 Å². The highest BCUT2D eigenvalue weighted by Crippen LogP contribution is 2.32. The first-order valence-electron chi connectivity index (χ1n) is 14.0. The van der Waals surface area contributed by atoms with E-state index in [-0.39, 0.29) is 23.1 Å². The zero-order chi connectivity index (χ0) is 30.5. The molecule has 7 rings (SSSR count). The summed E-state index contributed by atoms with van der Waals surface area (Å²) >= 11 is 0. The Labute approximate surface area is 251 Å². The summed E-state index contributed by atoms with van der Waals surface area (Å²) in [4.78, 5) is 56.9. The lowest BCUT2D eigenvalue weighted by atomic mass is 9.83. The maximum absolute atomic E-state index is 13.1. The topological polar surface area (TPSA) is 157 Å². The van der Waals surface area contributed by atoms with E-state index in [1.54, 1.807) is 72.8 Å². The van der Waals surface area contributed by atoms with Crippen LogP contribution in [0.4, 0.5) is 22.7 Å². The smallest absolute Gasteiger partial charge is 0.194 e. The van der Waals surface area contributed by atoms with Crippen LogP contribution < -0.4 is 22.1 Å². The van der Waals surface area contributed by atoms with Crippen LogP contribution in [0.25, 0.3) is 0 Å². The molecule has 0 saturated carbocycles. The monoisotopic (exact) mass is 579 g/mol. The number of nitrogens with one attached hydrogen (secondary N) is 2. The average molecular weight is 580 g/mol. The second kappa shape index (κ2) is 10.3. The lowest BCUT2D eigenvalue weighted by Gasteiger charge is -2.19. The molecule has 9 heteroatoms. The maximum atomic E-state index is 13.1. The first-order valence-corrected chi connectivity index (χ1v) is 14.0. The molecular formula is C35H25N5O4. The molecule has 44 heavy (non-hydrogen) atoms. The second-order valence-electron chi connectivity index (χ2n) is 10.8. The van der Waals surface area contributed by atoms with E-state index >= 15 is 0 Å². The molecule has 2 aliphatic rings. The Morgan fingerprint density at radius 3 is 1.23 bits per heavy atom. The number of rotatable bonds is 6. The van der Waals surface area contributed by atoms with Crippen molar-refractivity contribution >= 4 is 45.9 Å². The Morgan fingerprint density at radius 1 is 0.455 bits per heavy atom. The predicted molar refractivity (Wildman–Crippen MR) is 167 cm³/mol. The lowest BCUT2D eigenvalue weighted by Crippen LogP contribution is -2.21. The van der Waals surface area contributed by atoms with Gasteiger partial charge in [0.1, 0.15) is 0 Å². The zero-order valence-corrected chi connectivity index (χ0v) is 23.3. The summed E-state index contributed by atoms with van der Waals surface area (Å²) < 4.78 is 0. The molecular weight excluding hydrogens is 554 g/mol. The van der Waals surface area contributed by atoms with Crippen LogP contribution >= 0.6 is 0 Å². The number of ketones is 4. The average Bonchev–Trinajstić information content (AvgIpc) is 3.04. The number of pyridine rings is 1. The first kappa shape index (κ1) is 26.8. The molecule has 0 spiro atoms. The van der Waals surface area contributed by atoms with Gasteiger partial charge in [-0.1, -0.05) is 6.07 Å². The molecule has 0 aliphatic heterocycles. The highest BCUT2D eigenvalue weighted by atomic mass is 16.1. The summed E-state index contributed by atoms with van der Waals surface area (Å²) in [5.74, 6) is -0.876. The first-order chi connectivity index (χ1) is 21.3. The van der Waals surface area contributed by atoms with E-state index in [2.05, 4.69) is 10.6 Å². The standard InChI is InChI=1S/C35H25N5O4/c36-18-4-8-24-28(12-18)32(41)26-10-6-20(14-30(26)34(24)43)38-16-22-2-1-3-23(40-22)17-39-21-7-11-27-31(15-21)35(44)25-9-5-19(37)13-29(25)33(27)42/h1-15,38-39H,16-17,36-37H2. The van der Waals surface area contributed by atoms with E-state index in [0.29, 0.717) is 80.3 Å². The predicted octanol–water partition coefficient (Wildman–Crippen LogP) is 5.02. The van der Waals surface area contributed by atoms with Crippen molar-refractivity contribution in [1.82, 2.24) is 4.98 Å². The van der Waals surface area contributed by atoms with Gasteiger partial charge in [-0.05, 0) is 84.9 Å². The third-order valence-corrected chi connectivity index (χ3v) is 7.90. The molecule has 1 heterocycles. The number of nitrogen functional groups attached to an aromatic ring is 2. The number of anilines is 4. The van der Waals surface area contributed by atoms with Crippen molar-refractivity contribution in [2.24, 2.45) is 0 Å². The summed E-state index contributed by atoms with van der Waals surface area (Å²) in [5, 5.41) is 6.58. The molecule has 1 aromatic heterocycles. The largest absolute Gasteiger partial charge is 0.399 e. The van der Waals surface area contributed by atoms with Gasteiger partial charge in [-0.3, -0.25) is 24.2 Å². The fourth-order valence-corrected chi connectivity index (χ4v) is 5.67. The van der Waals surface area contributed by atoms with Crippen LogP contribution in [-0.2, 0) is 13.1 Å². The Balaban J connectivity index is 1.03. The van der Waals surface area contributed by atoms with Crippen LogP contribution in [0.3, 0.4) is 0 Å². The van der Waals surface area contributed by atoms with Crippen LogP contribution in [0.1, 0.15) is 75.1 Å². The van der Waals surface area contributed by atoms with Crippen LogP contribution in [0.5, 0.6) is 0 Å². The van der Waals surface area contributed by atoms with Crippen LogP contribution in [0, 0.1) is 0 Å². The number of nitrogens with zero attached hydrogens (tertiary/aromatic N) is 1. The normalized spacial score (nSPS) is 13.1. The second-order valence-corrected chi connectivity index (χ2v) is 10.8. The van der Waals surface area contributed by atoms with Crippen molar-refractivity contribution in [2.75, 3.05) is 22.1 Å². The molecule has 0 amide bonds. The van der Waals surface area contributed by atoms with Gasteiger partial charge in [-0.2, -0.15) is 0 Å². The Morgan fingerprint density at radius 2 is 0.818 bits per heavy atom. The Kier molecular flexibility index (Phi) is 6.28. The molecule has 4 aromatic carbocycles. The lowest BCUT2D eigenvalue weighted by molar-refractivity contribution is 0.0979. The van der Waals surface area contributed by atoms with Gasteiger partial charge in [0.25, 0.3) is 0 Å². The molecule has 0 radical (unpaired) electrons. The third kappa shape index (κ3) is 4.57. The number of hydrogen-bond donors (Lipinski definition) is 4. The molecule has 0 saturated heterocycles. The Bertz CT molecular complexity index is 1940. The van der Waals surface area contributed by atoms with E-state index in [4.69, 9.17) is 16.5 Å². The molecule has 6 N–H and O–H groups in total. The van der Waals surface area contributed by atoms with Gasteiger partial charge in [0.15, 0.2) is 23.1 Å². The van der Waals surface area contributed by atoms with Crippen molar-refractivity contribution in [3.63, 3.8) is 0 Å². The summed E-state index contributed by atoms with van der Waals surface area (Å²) in [7, 11) is 0. The highest BCUT2D eigenvalue weighted by Gasteiger charge is 2.31. The van der Waals surface area contributed by atoms with E-state index in [9.17, 15) is 19.2 Å². The van der Waals surface area contributed by atoms with Crippen molar-refractivity contribution in [2.45, 2.75) is 13.1 Å². The molecule has 0 unspecified atom stereocenters. The number of aromatic nitrogens is 1. The van der Waals surface area contributed by atoms with Gasteiger partial charge in [0, 0.05) is 67.3 Å². The van der Waals surface area contributed by atoms with Gasteiger partial charge in [0.2, 0.25) is 0 Å². The molecule has 0 bridgehead atoms. The molecule has 214 valence electrons. The SMILES string of the molecule is Nc1ccc2c(c1)C(=O)c1ccc(NCc3cccc(CNc4ccc5c(c4)C(=O)c4ccc(N)cc4C5=O)n3)cc1C2=O. The van der Waals surface area contributed by atoms with Crippen molar-refractivity contribution in [3.8, 4) is 0 Å². The third-order valence-electron chi connectivity index (χ3n) is 7.90. The zero-order valence-electron chi connectivity index (χ0n) is 23.3. The van der Waals surface area contributed by atoms with Gasteiger partial charge >= 0.3 is 0 Å². The minimum Gasteiger partial charge on any atom is -0.399 e. The summed E-state index contributed by atoms with van der Waals surface area (Å²) in [6, 6.07) is 25.4. The Hall–Kier alpha value is -6.09. The maximum Gasteiger partial charge on any atom is 0.194 e. The van der Waals surface area contributed by atoms with Crippen LogP contribution in [-0.4, -0.2) is 28.1 Å². The summed E-state index contributed by atoms with van der Waals surface area (Å²) in [6.45, 7) is 0.780. The van der Waals surface area contributed by atoms with E-state index < -0.39 is 0 Å². The molecule has 0 atom stereocenters. The molecule has 5 aromatic rings. The van der Waals surface area contributed by atoms with E-state index in [0.717, 1.165) is 11.4 Å². The van der Waals surface area contributed by atoms with Crippen LogP contribution in [0.2, 0.25) is 0 Å². The number of carbonyl (C=O) groups is 4. The quantitative estimate of drug-likeness (QED) is 0.199. The minimum atomic E-state index is -0.222. The summed E-state index contributed by atoms with van der Waals surface area (Å²) in [6.07, 6.45) is 0. The number of nitrogens with two attached hydrogens (primary N) is 2. The molecule has 0 fully saturated rings. The van der Waals surface area contributed by atoms with Crippen LogP contribution in [0.15, 0.2) is 91.0 Å². The van der Waals surface area contributed by atoms with Crippen molar-refractivity contribution in [1.29, 1.82) is 0 Å². The number of benzene rings is 4. The van der Waals surface area contributed by atoms with Gasteiger partial charge in [-0.15, -0.1) is 0 Å². The fourth-order valence-electron chi connectivity index (χ4n) is 5.67. The summed E-state index contributed by atoms with van der Waals surface area (Å²) in [5.41, 5.74) is 18.2.